The number of hydrogen-bond acceptors (Lipinski definition) is 3. The number of hydrogen-bond donors (Lipinski definition) is 1. The van der Waals surface area contributed by atoms with E-state index in [4.69, 9.17) is 44.3 Å². The van der Waals surface area contributed by atoms with Gasteiger partial charge in [-0.3, -0.25) is 0 Å². The SMILES string of the molecule is CCC1(C)Oc2cc(CCCC(Cl)(Cl)Cl)c3c(c2-c2cc(C(=O)O)ccc21)OCC3. The molecule has 2 aromatic rings. The Morgan fingerprint density at radius 1 is 1.27 bits per heavy atom. The first-order chi connectivity index (χ1) is 14.1. The van der Waals surface area contributed by atoms with Crippen LogP contribution in [0.1, 0.15) is 60.2 Å². The molecular weight excluding hydrogens is 447 g/mol. The standard InChI is InChI=1S/C23H23Cl3O4/c1-3-22(2)17-7-6-14(21(27)28)11-16(17)19-18(30-22)12-13(5-4-9-23(24,25)26)15-8-10-29-20(15)19/h6-7,11-12H,3-5,8-10H2,1-2H3,(H,27,28). The van der Waals surface area contributed by atoms with Crippen LogP contribution in [0.5, 0.6) is 11.5 Å². The molecule has 0 amide bonds. The fourth-order valence-electron chi connectivity index (χ4n) is 4.36. The van der Waals surface area contributed by atoms with Crippen LogP contribution < -0.4 is 9.47 Å². The third-order valence-electron chi connectivity index (χ3n) is 6.06. The summed E-state index contributed by atoms with van der Waals surface area (Å²) in [4.78, 5) is 11.6. The molecule has 0 bridgehead atoms. The number of halogens is 3. The van der Waals surface area contributed by atoms with Crippen LogP contribution in [0.15, 0.2) is 24.3 Å². The molecule has 1 unspecified atom stereocenters. The van der Waals surface area contributed by atoms with Gasteiger partial charge in [0.25, 0.3) is 0 Å². The summed E-state index contributed by atoms with van der Waals surface area (Å²) in [6, 6.07) is 7.29. The van der Waals surface area contributed by atoms with Gasteiger partial charge in [-0.25, -0.2) is 4.79 Å². The molecule has 0 spiro atoms. The number of fused-ring (bicyclic) bond motifs is 5. The normalized spacial score (nSPS) is 19.4. The van der Waals surface area contributed by atoms with Crippen molar-refractivity contribution < 1.29 is 19.4 Å². The molecule has 160 valence electrons. The molecule has 7 heteroatoms. The van der Waals surface area contributed by atoms with Crippen LogP contribution in [-0.4, -0.2) is 21.5 Å². The Kier molecular flexibility index (Phi) is 5.63. The molecule has 2 heterocycles. The van der Waals surface area contributed by atoms with Gasteiger partial charge in [0.1, 0.15) is 17.1 Å². The molecule has 0 aromatic heterocycles. The van der Waals surface area contributed by atoms with Gasteiger partial charge in [0.05, 0.1) is 17.7 Å². The van der Waals surface area contributed by atoms with Gasteiger partial charge >= 0.3 is 5.97 Å². The maximum Gasteiger partial charge on any atom is 0.335 e. The molecule has 0 saturated carbocycles. The third kappa shape index (κ3) is 3.86. The van der Waals surface area contributed by atoms with Crippen molar-refractivity contribution in [2.24, 2.45) is 0 Å². The van der Waals surface area contributed by atoms with Crippen LogP contribution in [0.3, 0.4) is 0 Å². The summed E-state index contributed by atoms with van der Waals surface area (Å²) in [6.07, 6.45) is 3.48. The Bertz CT molecular complexity index is 1010. The quantitative estimate of drug-likeness (QED) is 0.495. The second kappa shape index (κ2) is 7.81. The lowest BCUT2D eigenvalue weighted by Crippen LogP contribution is -2.32. The summed E-state index contributed by atoms with van der Waals surface area (Å²) in [6.45, 7) is 4.68. The van der Waals surface area contributed by atoms with E-state index < -0.39 is 15.4 Å². The zero-order valence-corrected chi connectivity index (χ0v) is 19.1. The number of carbonyl (C=O) groups is 1. The number of rotatable bonds is 5. The second-order valence-electron chi connectivity index (χ2n) is 8.04. The topological polar surface area (TPSA) is 55.8 Å². The average Bonchev–Trinajstić information content (AvgIpc) is 3.16. The molecule has 4 rings (SSSR count). The van der Waals surface area contributed by atoms with Crippen molar-refractivity contribution in [2.75, 3.05) is 6.61 Å². The molecule has 2 aromatic carbocycles. The number of carboxylic acids is 1. The highest BCUT2D eigenvalue weighted by Crippen LogP contribution is 2.54. The Morgan fingerprint density at radius 3 is 2.70 bits per heavy atom. The highest BCUT2D eigenvalue weighted by atomic mass is 35.6. The molecule has 2 aliphatic rings. The largest absolute Gasteiger partial charge is 0.492 e. The number of carboxylic acid groups (broad SMARTS) is 1. The predicted molar refractivity (Wildman–Crippen MR) is 120 cm³/mol. The van der Waals surface area contributed by atoms with Crippen LogP contribution in [0.4, 0.5) is 0 Å². The number of ether oxygens (including phenoxy) is 2. The summed E-state index contributed by atoms with van der Waals surface area (Å²) in [5, 5.41) is 9.53. The van der Waals surface area contributed by atoms with E-state index in [1.54, 1.807) is 12.1 Å². The van der Waals surface area contributed by atoms with Gasteiger partial charge in [0.15, 0.2) is 3.79 Å². The summed E-state index contributed by atoms with van der Waals surface area (Å²) in [5.41, 5.74) is 4.65. The van der Waals surface area contributed by atoms with Gasteiger partial charge in [0, 0.05) is 17.5 Å². The van der Waals surface area contributed by atoms with Gasteiger partial charge in [0.2, 0.25) is 0 Å². The van der Waals surface area contributed by atoms with E-state index in [0.29, 0.717) is 13.0 Å². The van der Waals surface area contributed by atoms with Crippen molar-refractivity contribution in [1.82, 2.24) is 0 Å². The zero-order chi connectivity index (χ0) is 21.7. The Labute approximate surface area is 191 Å². The zero-order valence-electron chi connectivity index (χ0n) is 16.9. The lowest BCUT2D eigenvalue weighted by Gasteiger charge is -2.38. The maximum atomic E-state index is 11.6. The van der Waals surface area contributed by atoms with E-state index >= 15 is 0 Å². The summed E-state index contributed by atoms with van der Waals surface area (Å²) in [5.74, 6) is 0.558. The molecule has 30 heavy (non-hydrogen) atoms. The highest BCUT2D eigenvalue weighted by molar-refractivity contribution is 6.67. The minimum Gasteiger partial charge on any atom is -0.492 e. The van der Waals surface area contributed by atoms with Crippen molar-refractivity contribution in [3.63, 3.8) is 0 Å². The predicted octanol–water partition coefficient (Wildman–Crippen LogP) is 6.70. The van der Waals surface area contributed by atoms with Crippen LogP contribution in [0.2, 0.25) is 0 Å². The summed E-state index contributed by atoms with van der Waals surface area (Å²) in [7, 11) is 0. The first-order valence-electron chi connectivity index (χ1n) is 10.1. The molecule has 2 aliphatic heterocycles. The Balaban J connectivity index is 1.85. The van der Waals surface area contributed by atoms with Gasteiger partial charge in [-0.05, 0) is 61.9 Å². The minimum atomic E-state index is -1.27. The van der Waals surface area contributed by atoms with E-state index in [2.05, 4.69) is 13.0 Å². The van der Waals surface area contributed by atoms with Crippen LogP contribution >= 0.6 is 34.8 Å². The Hall–Kier alpha value is -1.62. The van der Waals surface area contributed by atoms with Crippen molar-refractivity contribution >= 4 is 40.8 Å². The van der Waals surface area contributed by atoms with E-state index in [-0.39, 0.29) is 5.56 Å². The van der Waals surface area contributed by atoms with Crippen LogP contribution in [-0.2, 0) is 18.4 Å². The van der Waals surface area contributed by atoms with E-state index in [1.807, 2.05) is 13.0 Å². The maximum absolute atomic E-state index is 11.6. The number of benzene rings is 2. The average molecular weight is 470 g/mol. The van der Waals surface area contributed by atoms with Crippen molar-refractivity contribution in [1.29, 1.82) is 0 Å². The monoisotopic (exact) mass is 468 g/mol. The van der Waals surface area contributed by atoms with Gasteiger partial charge in [-0.15, -0.1) is 0 Å². The van der Waals surface area contributed by atoms with Gasteiger partial charge < -0.3 is 14.6 Å². The van der Waals surface area contributed by atoms with Crippen molar-refractivity contribution in [3.8, 4) is 22.6 Å². The first-order valence-corrected chi connectivity index (χ1v) is 11.2. The number of aryl methyl sites for hydroxylation is 1. The first kappa shape index (κ1) is 21.6. The molecule has 4 nitrogen and oxygen atoms in total. The summed E-state index contributed by atoms with van der Waals surface area (Å²) < 4.78 is 11.3. The van der Waals surface area contributed by atoms with Crippen molar-refractivity contribution in [2.45, 2.75) is 55.3 Å². The number of alkyl halides is 3. The second-order valence-corrected chi connectivity index (χ2v) is 10.6. The molecule has 0 radical (unpaired) electrons. The Morgan fingerprint density at radius 2 is 2.03 bits per heavy atom. The highest BCUT2D eigenvalue weighted by Gasteiger charge is 2.39. The molecule has 1 N–H and O–H groups in total. The molecule has 1 atom stereocenters. The van der Waals surface area contributed by atoms with E-state index in [0.717, 1.165) is 65.0 Å². The summed E-state index contributed by atoms with van der Waals surface area (Å²) >= 11 is 17.8. The van der Waals surface area contributed by atoms with Gasteiger partial charge in [-0.2, -0.15) is 0 Å². The fraction of sp³-hybridized carbons (Fsp3) is 0.435. The van der Waals surface area contributed by atoms with Crippen LogP contribution in [0.25, 0.3) is 11.1 Å². The van der Waals surface area contributed by atoms with E-state index in [9.17, 15) is 9.90 Å². The van der Waals surface area contributed by atoms with Gasteiger partial charge in [-0.1, -0.05) is 47.8 Å². The molecule has 0 fully saturated rings. The van der Waals surface area contributed by atoms with Crippen LogP contribution in [0, 0.1) is 0 Å². The third-order valence-corrected chi connectivity index (χ3v) is 6.63. The lowest BCUT2D eigenvalue weighted by molar-refractivity contribution is 0.0693. The molecule has 0 aliphatic carbocycles. The smallest absolute Gasteiger partial charge is 0.335 e. The van der Waals surface area contributed by atoms with E-state index in [1.165, 1.54) is 0 Å². The minimum absolute atomic E-state index is 0.249. The van der Waals surface area contributed by atoms with Crippen molar-refractivity contribution in [3.05, 3.63) is 46.5 Å². The molecule has 0 saturated heterocycles. The molecular formula is C23H23Cl3O4. The number of aromatic carboxylic acids is 1. The fourth-order valence-corrected chi connectivity index (χ4v) is 4.76. The lowest BCUT2D eigenvalue weighted by atomic mass is 9.81.